The van der Waals surface area contributed by atoms with E-state index in [1.807, 2.05) is 19.4 Å². The minimum absolute atomic E-state index is 0.877. The topological polar surface area (TPSA) is 28.2 Å². The predicted octanol–water partition coefficient (Wildman–Crippen LogP) is 1.96. The number of hydrogen-bond donors (Lipinski definition) is 1. The van der Waals surface area contributed by atoms with Gasteiger partial charge in [-0.15, -0.1) is 0 Å². The van der Waals surface area contributed by atoms with Crippen LogP contribution in [0.2, 0.25) is 0 Å². The maximum absolute atomic E-state index is 4.20. The van der Waals surface area contributed by atoms with Gasteiger partial charge in [-0.1, -0.05) is 11.6 Å². The molecular formula is C13H19N3. The quantitative estimate of drug-likeness (QED) is 0.784. The first kappa shape index (κ1) is 11.1. The summed E-state index contributed by atoms with van der Waals surface area (Å²) in [5.74, 6) is 0. The Morgan fingerprint density at radius 2 is 2.38 bits per heavy atom. The molecule has 0 bridgehead atoms. The van der Waals surface area contributed by atoms with Crippen molar-refractivity contribution < 1.29 is 0 Å². The molecule has 1 aromatic heterocycles. The molecule has 1 aliphatic rings. The molecule has 1 aliphatic heterocycles. The van der Waals surface area contributed by atoms with Gasteiger partial charge in [0.25, 0.3) is 0 Å². The van der Waals surface area contributed by atoms with Gasteiger partial charge in [-0.2, -0.15) is 0 Å². The number of hydrogen-bond acceptors (Lipinski definition) is 3. The van der Waals surface area contributed by atoms with Crippen molar-refractivity contribution >= 4 is 5.69 Å². The first-order valence-electron chi connectivity index (χ1n) is 5.79. The van der Waals surface area contributed by atoms with Crippen molar-refractivity contribution in [2.75, 3.05) is 25.0 Å². The van der Waals surface area contributed by atoms with E-state index in [0.717, 1.165) is 26.1 Å². The first-order valence-corrected chi connectivity index (χ1v) is 5.79. The molecule has 1 N–H and O–H groups in total. The lowest BCUT2D eigenvalue weighted by Crippen LogP contribution is -2.30. The Morgan fingerprint density at radius 3 is 3.12 bits per heavy atom. The molecule has 0 aromatic carbocycles. The SMILES string of the molecule is CNCc1cnccc1N1CCC=C(C)C1. The maximum Gasteiger partial charge on any atom is 0.0445 e. The molecule has 0 spiro atoms. The lowest BCUT2D eigenvalue weighted by molar-refractivity contribution is 0.763. The minimum atomic E-state index is 0.877. The second-order valence-electron chi connectivity index (χ2n) is 4.30. The largest absolute Gasteiger partial charge is 0.367 e. The van der Waals surface area contributed by atoms with Crippen LogP contribution in [0.3, 0.4) is 0 Å². The molecule has 0 radical (unpaired) electrons. The highest BCUT2D eigenvalue weighted by atomic mass is 15.1. The van der Waals surface area contributed by atoms with E-state index in [2.05, 4.69) is 34.3 Å². The molecule has 0 saturated heterocycles. The molecule has 3 nitrogen and oxygen atoms in total. The summed E-state index contributed by atoms with van der Waals surface area (Å²) in [5.41, 5.74) is 4.05. The van der Waals surface area contributed by atoms with Crippen molar-refractivity contribution in [2.45, 2.75) is 19.9 Å². The van der Waals surface area contributed by atoms with Gasteiger partial charge in [-0.25, -0.2) is 0 Å². The summed E-state index contributed by atoms with van der Waals surface area (Å²) in [6, 6.07) is 2.12. The van der Waals surface area contributed by atoms with Gasteiger partial charge in [0.1, 0.15) is 0 Å². The number of nitrogens with one attached hydrogen (secondary N) is 1. The summed E-state index contributed by atoms with van der Waals surface area (Å²) in [6.45, 7) is 5.23. The fraction of sp³-hybridized carbons (Fsp3) is 0.462. The summed E-state index contributed by atoms with van der Waals surface area (Å²) in [6.07, 6.45) is 7.31. The van der Waals surface area contributed by atoms with Crippen LogP contribution in [-0.2, 0) is 6.54 Å². The second kappa shape index (κ2) is 5.12. The third-order valence-corrected chi connectivity index (χ3v) is 2.92. The maximum atomic E-state index is 4.20. The molecule has 0 atom stereocenters. The first-order chi connectivity index (χ1) is 7.81. The van der Waals surface area contributed by atoms with Crippen molar-refractivity contribution in [3.05, 3.63) is 35.7 Å². The molecule has 2 rings (SSSR count). The van der Waals surface area contributed by atoms with Crippen LogP contribution < -0.4 is 10.2 Å². The van der Waals surface area contributed by atoms with Gasteiger partial charge in [0.2, 0.25) is 0 Å². The number of nitrogens with zero attached hydrogens (tertiary/aromatic N) is 2. The fourth-order valence-electron chi connectivity index (χ4n) is 2.17. The van der Waals surface area contributed by atoms with Gasteiger partial charge in [0.05, 0.1) is 0 Å². The average Bonchev–Trinajstić information content (AvgIpc) is 2.30. The van der Waals surface area contributed by atoms with Crippen LogP contribution in [0.15, 0.2) is 30.1 Å². The highest BCUT2D eigenvalue weighted by Gasteiger charge is 2.13. The van der Waals surface area contributed by atoms with Gasteiger partial charge in [0.15, 0.2) is 0 Å². The molecular weight excluding hydrogens is 198 g/mol. The third kappa shape index (κ3) is 2.42. The Hall–Kier alpha value is -1.35. The summed E-state index contributed by atoms with van der Waals surface area (Å²) in [7, 11) is 1.97. The van der Waals surface area contributed by atoms with Gasteiger partial charge in [-0.3, -0.25) is 4.98 Å². The zero-order valence-corrected chi connectivity index (χ0v) is 10.0. The van der Waals surface area contributed by atoms with Crippen LogP contribution in [-0.4, -0.2) is 25.1 Å². The Labute approximate surface area is 97.2 Å². The molecule has 0 amide bonds. The summed E-state index contributed by atoms with van der Waals surface area (Å²) >= 11 is 0. The van der Waals surface area contributed by atoms with Crippen molar-refractivity contribution in [1.82, 2.24) is 10.3 Å². The summed E-state index contributed by atoms with van der Waals surface area (Å²) in [5, 5.41) is 3.19. The zero-order valence-electron chi connectivity index (χ0n) is 10.0. The monoisotopic (exact) mass is 217 g/mol. The fourth-order valence-corrected chi connectivity index (χ4v) is 2.17. The van der Waals surface area contributed by atoms with Crippen molar-refractivity contribution in [3.63, 3.8) is 0 Å². The lowest BCUT2D eigenvalue weighted by atomic mass is 10.1. The normalized spacial score (nSPS) is 16.1. The molecule has 16 heavy (non-hydrogen) atoms. The van der Waals surface area contributed by atoms with Crippen molar-refractivity contribution in [1.29, 1.82) is 0 Å². The van der Waals surface area contributed by atoms with E-state index in [9.17, 15) is 0 Å². The third-order valence-electron chi connectivity index (χ3n) is 2.92. The standard InChI is InChI=1S/C13H19N3/c1-11-4-3-7-16(10-11)13-5-6-15-9-12(13)8-14-2/h4-6,9,14H,3,7-8,10H2,1-2H3. The van der Waals surface area contributed by atoms with Crippen molar-refractivity contribution in [3.8, 4) is 0 Å². The van der Waals surface area contributed by atoms with E-state index in [1.165, 1.54) is 16.8 Å². The number of rotatable bonds is 3. The molecule has 2 heterocycles. The molecule has 86 valence electrons. The smallest absolute Gasteiger partial charge is 0.0445 e. The van der Waals surface area contributed by atoms with Gasteiger partial charge >= 0.3 is 0 Å². The molecule has 0 fully saturated rings. The van der Waals surface area contributed by atoms with E-state index in [0.29, 0.717) is 0 Å². The molecule has 0 saturated carbocycles. The highest BCUT2D eigenvalue weighted by Crippen LogP contribution is 2.22. The van der Waals surface area contributed by atoms with E-state index in [-0.39, 0.29) is 0 Å². The predicted molar refractivity (Wildman–Crippen MR) is 67.6 cm³/mol. The molecule has 1 aromatic rings. The van der Waals surface area contributed by atoms with Crippen LogP contribution in [0.1, 0.15) is 18.9 Å². The van der Waals surface area contributed by atoms with E-state index < -0.39 is 0 Å². The van der Waals surface area contributed by atoms with Gasteiger partial charge < -0.3 is 10.2 Å². The van der Waals surface area contributed by atoms with E-state index in [4.69, 9.17) is 0 Å². The number of anilines is 1. The van der Waals surface area contributed by atoms with Crippen LogP contribution in [0, 0.1) is 0 Å². The Kier molecular flexibility index (Phi) is 3.57. The van der Waals surface area contributed by atoms with Crippen LogP contribution >= 0.6 is 0 Å². The Bertz CT molecular complexity index is 385. The summed E-state index contributed by atoms with van der Waals surface area (Å²) < 4.78 is 0. The highest BCUT2D eigenvalue weighted by molar-refractivity contribution is 5.53. The van der Waals surface area contributed by atoms with Gasteiger partial charge in [0, 0.05) is 43.3 Å². The average molecular weight is 217 g/mol. The molecule has 0 aliphatic carbocycles. The van der Waals surface area contributed by atoms with E-state index >= 15 is 0 Å². The Morgan fingerprint density at radius 1 is 1.50 bits per heavy atom. The number of pyridine rings is 1. The molecule has 3 heteroatoms. The minimum Gasteiger partial charge on any atom is -0.367 e. The van der Waals surface area contributed by atoms with Crippen molar-refractivity contribution in [2.24, 2.45) is 0 Å². The Balaban J connectivity index is 2.22. The van der Waals surface area contributed by atoms with Crippen LogP contribution in [0.5, 0.6) is 0 Å². The van der Waals surface area contributed by atoms with Crippen LogP contribution in [0.25, 0.3) is 0 Å². The van der Waals surface area contributed by atoms with Gasteiger partial charge in [-0.05, 0) is 26.5 Å². The second-order valence-corrected chi connectivity index (χ2v) is 4.30. The molecule has 0 unspecified atom stereocenters. The lowest BCUT2D eigenvalue weighted by Gasteiger charge is -2.30. The van der Waals surface area contributed by atoms with E-state index in [1.54, 1.807) is 0 Å². The number of aromatic nitrogens is 1. The zero-order chi connectivity index (χ0) is 11.4. The summed E-state index contributed by atoms with van der Waals surface area (Å²) in [4.78, 5) is 6.63. The van der Waals surface area contributed by atoms with Crippen LogP contribution in [0.4, 0.5) is 5.69 Å².